The second kappa shape index (κ2) is 3.92. The molecule has 82 valence electrons. The minimum atomic E-state index is -0.0984. The molecule has 1 fully saturated rings. The topological polar surface area (TPSA) is 66.6 Å². The number of piperidine rings is 1. The highest BCUT2D eigenvalue weighted by Gasteiger charge is 2.24. The van der Waals surface area contributed by atoms with E-state index >= 15 is 0 Å². The maximum absolute atomic E-state index is 11.1. The maximum Gasteiger partial charge on any atom is 0.300 e. The summed E-state index contributed by atoms with van der Waals surface area (Å²) in [6, 6.07) is 0.439. The third-order valence-corrected chi connectivity index (χ3v) is 2.82. The second-order valence-corrected chi connectivity index (χ2v) is 3.86. The van der Waals surface area contributed by atoms with Crippen molar-refractivity contribution in [3.8, 4) is 5.88 Å². The maximum atomic E-state index is 11.1. The molecule has 0 unspecified atom stereocenters. The molecule has 2 heterocycles. The molecule has 1 saturated heterocycles. The Bertz CT molecular complexity index is 353. The fraction of sp³-hybridized carbons (Fsp3) is 0.600. The molecule has 0 spiro atoms. The number of hydrogen-bond donors (Lipinski definition) is 1. The molecule has 0 aliphatic carbocycles. The molecule has 0 bridgehead atoms. The zero-order chi connectivity index (χ0) is 10.8. The summed E-state index contributed by atoms with van der Waals surface area (Å²) in [6.45, 7) is 3.14. The fourth-order valence-corrected chi connectivity index (χ4v) is 1.88. The Hall–Kier alpha value is -1.52. The van der Waals surface area contributed by atoms with Crippen LogP contribution >= 0.6 is 0 Å². The number of hydrogen-bond acceptors (Lipinski definition) is 5. The predicted molar refractivity (Wildman–Crippen MR) is 53.8 cm³/mol. The van der Waals surface area contributed by atoms with E-state index in [1.54, 1.807) is 6.92 Å². The Morgan fingerprint density at radius 3 is 2.73 bits per heavy atom. The van der Waals surface area contributed by atoms with Gasteiger partial charge in [-0.2, -0.15) is 4.98 Å². The van der Waals surface area contributed by atoms with E-state index in [1.165, 1.54) is 6.26 Å². The lowest BCUT2D eigenvalue weighted by Gasteiger charge is -2.29. The van der Waals surface area contributed by atoms with Crippen molar-refractivity contribution in [1.29, 1.82) is 0 Å². The molecule has 1 aromatic rings. The molecular weight excluding hydrogens is 196 g/mol. The highest BCUT2D eigenvalue weighted by atomic mass is 16.4. The van der Waals surface area contributed by atoms with Crippen LogP contribution in [0.3, 0.4) is 0 Å². The highest BCUT2D eigenvalue weighted by Crippen LogP contribution is 2.24. The van der Waals surface area contributed by atoms with Crippen LogP contribution in [0.2, 0.25) is 0 Å². The number of ketones is 1. The first-order valence-electron chi connectivity index (χ1n) is 5.06. The molecular formula is C10H14N2O3. The number of nitrogens with zero attached hydrogens (tertiary/aromatic N) is 2. The molecule has 15 heavy (non-hydrogen) atoms. The summed E-state index contributed by atoms with van der Waals surface area (Å²) >= 11 is 0. The van der Waals surface area contributed by atoms with E-state index in [1.807, 2.05) is 4.90 Å². The van der Waals surface area contributed by atoms with Crippen LogP contribution in [0.15, 0.2) is 10.7 Å². The molecule has 1 aromatic heterocycles. The zero-order valence-corrected chi connectivity index (χ0v) is 8.64. The molecule has 1 aliphatic heterocycles. The Kier molecular flexibility index (Phi) is 2.62. The standard InChI is InChI=1S/C10H14N2O3/c1-7(13)8-2-4-12(5-3-8)10-11-9(14)6-15-10/h6,8,14H,2-5H2,1H3. The van der Waals surface area contributed by atoms with Crippen LogP contribution in [0.25, 0.3) is 0 Å². The molecule has 1 N–H and O–H groups in total. The molecule has 0 aromatic carbocycles. The van der Waals surface area contributed by atoms with Gasteiger partial charge in [-0.1, -0.05) is 0 Å². The first kappa shape index (κ1) is 10.0. The number of aromatic nitrogens is 1. The van der Waals surface area contributed by atoms with Gasteiger partial charge in [0.1, 0.15) is 5.78 Å². The minimum Gasteiger partial charge on any atom is -0.491 e. The average molecular weight is 210 g/mol. The summed E-state index contributed by atoms with van der Waals surface area (Å²) in [5, 5.41) is 9.04. The van der Waals surface area contributed by atoms with Gasteiger partial charge in [-0.05, 0) is 19.8 Å². The third-order valence-electron chi connectivity index (χ3n) is 2.82. The van der Waals surface area contributed by atoms with E-state index in [0.717, 1.165) is 25.9 Å². The average Bonchev–Trinajstić information content (AvgIpc) is 2.65. The van der Waals surface area contributed by atoms with Gasteiger partial charge in [-0.15, -0.1) is 0 Å². The van der Waals surface area contributed by atoms with E-state index in [0.29, 0.717) is 6.01 Å². The lowest BCUT2D eigenvalue weighted by atomic mass is 9.94. The van der Waals surface area contributed by atoms with Crippen LogP contribution < -0.4 is 4.90 Å². The summed E-state index contributed by atoms with van der Waals surface area (Å²) in [6.07, 6.45) is 2.88. The van der Waals surface area contributed by atoms with Gasteiger partial charge >= 0.3 is 6.01 Å². The smallest absolute Gasteiger partial charge is 0.300 e. The number of aromatic hydroxyl groups is 1. The largest absolute Gasteiger partial charge is 0.491 e. The first-order valence-corrected chi connectivity index (χ1v) is 5.06. The summed E-state index contributed by atoms with van der Waals surface area (Å²) in [7, 11) is 0. The van der Waals surface area contributed by atoms with E-state index in [-0.39, 0.29) is 17.6 Å². The molecule has 0 saturated carbocycles. The van der Waals surface area contributed by atoms with Crippen molar-refractivity contribution >= 4 is 11.8 Å². The zero-order valence-electron chi connectivity index (χ0n) is 8.64. The number of anilines is 1. The van der Waals surface area contributed by atoms with Crippen molar-refractivity contribution in [2.24, 2.45) is 5.92 Å². The molecule has 1 aliphatic rings. The van der Waals surface area contributed by atoms with Crippen LogP contribution in [0.1, 0.15) is 19.8 Å². The van der Waals surface area contributed by atoms with E-state index < -0.39 is 0 Å². The van der Waals surface area contributed by atoms with Gasteiger partial charge in [-0.25, -0.2) is 0 Å². The monoisotopic (exact) mass is 210 g/mol. The Morgan fingerprint density at radius 1 is 1.60 bits per heavy atom. The van der Waals surface area contributed by atoms with Crippen molar-refractivity contribution in [3.63, 3.8) is 0 Å². The molecule has 0 amide bonds. The summed E-state index contributed by atoms with van der Waals surface area (Å²) in [4.78, 5) is 16.9. The van der Waals surface area contributed by atoms with Crippen molar-refractivity contribution in [2.75, 3.05) is 18.0 Å². The normalized spacial score (nSPS) is 18.1. The number of carbonyl (C=O) groups excluding carboxylic acids is 1. The molecule has 2 rings (SSSR count). The van der Waals surface area contributed by atoms with Crippen LogP contribution in [0.4, 0.5) is 6.01 Å². The molecule has 0 atom stereocenters. The molecule has 5 heteroatoms. The highest BCUT2D eigenvalue weighted by molar-refractivity contribution is 5.78. The lowest BCUT2D eigenvalue weighted by molar-refractivity contribution is -0.121. The van der Waals surface area contributed by atoms with E-state index in [2.05, 4.69) is 4.98 Å². The van der Waals surface area contributed by atoms with Crippen molar-refractivity contribution in [3.05, 3.63) is 6.26 Å². The number of oxazole rings is 1. The quantitative estimate of drug-likeness (QED) is 0.794. The third kappa shape index (κ3) is 2.11. The Morgan fingerprint density at radius 2 is 2.27 bits per heavy atom. The minimum absolute atomic E-state index is 0.0984. The van der Waals surface area contributed by atoms with E-state index in [4.69, 9.17) is 9.52 Å². The summed E-state index contributed by atoms with van der Waals surface area (Å²) in [5.74, 6) is 0.327. The van der Waals surface area contributed by atoms with Crippen molar-refractivity contribution in [2.45, 2.75) is 19.8 Å². The fourth-order valence-electron chi connectivity index (χ4n) is 1.88. The van der Waals surface area contributed by atoms with Crippen LogP contribution in [-0.4, -0.2) is 29.0 Å². The second-order valence-electron chi connectivity index (χ2n) is 3.86. The number of carbonyl (C=O) groups is 1. The Labute approximate surface area is 87.7 Å². The summed E-state index contributed by atoms with van der Waals surface area (Å²) in [5.41, 5.74) is 0. The van der Waals surface area contributed by atoms with Gasteiger partial charge in [0.15, 0.2) is 6.26 Å². The molecule has 0 radical (unpaired) electrons. The Balaban J connectivity index is 1.96. The first-order chi connectivity index (χ1) is 7.16. The van der Waals surface area contributed by atoms with Gasteiger partial charge in [-0.3, -0.25) is 4.79 Å². The molecule has 5 nitrogen and oxygen atoms in total. The summed E-state index contributed by atoms with van der Waals surface area (Å²) < 4.78 is 5.08. The SMILES string of the molecule is CC(=O)C1CCN(c2nc(O)co2)CC1. The van der Waals surface area contributed by atoms with Crippen molar-refractivity contribution < 1.29 is 14.3 Å². The van der Waals surface area contributed by atoms with E-state index in [9.17, 15) is 4.79 Å². The van der Waals surface area contributed by atoms with Gasteiger partial charge in [0.25, 0.3) is 5.88 Å². The van der Waals surface area contributed by atoms with Crippen LogP contribution in [-0.2, 0) is 4.79 Å². The predicted octanol–water partition coefficient (Wildman–Crippen LogP) is 1.19. The lowest BCUT2D eigenvalue weighted by Crippen LogP contribution is -2.35. The number of rotatable bonds is 2. The van der Waals surface area contributed by atoms with Crippen molar-refractivity contribution in [1.82, 2.24) is 4.98 Å². The van der Waals surface area contributed by atoms with Crippen LogP contribution in [0, 0.1) is 5.92 Å². The number of Topliss-reactive ketones (excluding diaryl/α,β-unsaturated/α-hetero) is 1. The van der Waals surface area contributed by atoms with Crippen LogP contribution in [0.5, 0.6) is 5.88 Å². The van der Waals surface area contributed by atoms with Gasteiger partial charge in [0.2, 0.25) is 0 Å². The van der Waals surface area contributed by atoms with Gasteiger partial charge in [0, 0.05) is 19.0 Å². The van der Waals surface area contributed by atoms with Gasteiger partial charge < -0.3 is 14.4 Å². The van der Waals surface area contributed by atoms with Gasteiger partial charge in [0.05, 0.1) is 0 Å².